The van der Waals surface area contributed by atoms with E-state index in [2.05, 4.69) is 13.8 Å². The van der Waals surface area contributed by atoms with Crippen LogP contribution in [0.15, 0.2) is 23.0 Å². The van der Waals surface area contributed by atoms with Crippen molar-refractivity contribution in [3.8, 4) is 5.75 Å². The second-order valence-electron chi connectivity index (χ2n) is 8.66. The molecule has 0 radical (unpaired) electrons. The zero-order valence-corrected chi connectivity index (χ0v) is 17.7. The van der Waals surface area contributed by atoms with E-state index in [0.29, 0.717) is 48.8 Å². The molecular formula is C22H31N3O4. The number of ether oxygens (including phenoxy) is 1. The minimum atomic E-state index is -0.894. The summed E-state index contributed by atoms with van der Waals surface area (Å²) in [6, 6.07) is 5.48. The summed E-state index contributed by atoms with van der Waals surface area (Å²) in [6.07, 6.45) is 0.829. The lowest BCUT2D eigenvalue weighted by atomic mass is 9.97. The quantitative estimate of drug-likeness (QED) is 0.792. The first-order valence-electron chi connectivity index (χ1n) is 10.4. The predicted molar refractivity (Wildman–Crippen MR) is 113 cm³/mol. The fourth-order valence-corrected chi connectivity index (χ4v) is 3.83. The van der Waals surface area contributed by atoms with Crippen LogP contribution in [0.25, 0.3) is 10.9 Å². The molecule has 158 valence electrons. The molecule has 7 nitrogen and oxygen atoms in total. The van der Waals surface area contributed by atoms with Gasteiger partial charge in [-0.1, -0.05) is 27.7 Å². The highest BCUT2D eigenvalue weighted by Crippen LogP contribution is 2.23. The highest BCUT2D eigenvalue weighted by atomic mass is 16.5. The van der Waals surface area contributed by atoms with Crippen LogP contribution in [0.1, 0.15) is 52.3 Å². The molecule has 0 aliphatic carbocycles. The van der Waals surface area contributed by atoms with Gasteiger partial charge in [-0.2, -0.15) is 0 Å². The Kier molecular flexibility index (Phi) is 6.45. The molecule has 0 saturated carbocycles. The van der Waals surface area contributed by atoms with E-state index in [1.54, 1.807) is 10.6 Å². The number of amides is 1. The first-order valence-corrected chi connectivity index (χ1v) is 10.4. The van der Waals surface area contributed by atoms with Crippen molar-refractivity contribution >= 4 is 17.0 Å². The van der Waals surface area contributed by atoms with Crippen molar-refractivity contribution in [2.45, 2.75) is 53.0 Å². The van der Waals surface area contributed by atoms with Gasteiger partial charge >= 0.3 is 6.09 Å². The topological polar surface area (TPSA) is 84.7 Å². The number of benzene rings is 1. The molecule has 2 aromatic rings. The Hall–Kier alpha value is -2.57. The molecule has 0 bridgehead atoms. The lowest BCUT2D eigenvalue weighted by molar-refractivity contribution is 0.116. The normalized spacial score (nSPS) is 17.3. The molecule has 1 aromatic carbocycles. The van der Waals surface area contributed by atoms with Crippen molar-refractivity contribution < 1.29 is 14.6 Å². The Morgan fingerprint density at radius 2 is 2.07 bits per heavy atom. The van der Waals surface area contributed by atoms with E-state index < -0.39 is 6.09 Å². The van der Waals surface area contributed by atoms with Gasteiger partial charge in [-0.25, -0.2) is 9.78 Å². The third kappa shape index (κ3) is 4.89. The molecule has 29 heavy (non-hydrogen) atoms. The summed E-state index contributed by atoms with van der Waals surface area (Å²) >= 11 is 0. The zero-order chi connectivity index (χ0) is 21.1. The number of rotatable bonds is 6. The van der Waals surface area contributed by atoms with Crippen molar-refractivity contribution in [2.24, 2.45) is 11.8 Å². The summed E-state index contributed by atoms with van der Waals surface area (Å²) < 4.78 is 7.54. The highest BCUT2D eigenvalue weighted by Gasteiger charge is 2.25. The number of hydrogen-bond acceptors (Lipinski definition) is 4. The van der Waals surface area contributed by atoms with Crippen molar-refractivity contribution in [2.75, 3.05) is 19.7 Å². The average molecular weight is 402 g/mol. The van der Waals surface area contributed by atoms with Crippen LogP contribution in [-0.4, -0.2) is 45.3 Å². The smallest absolute Gasteiger partial charge is 0.407 e. The maximum atomic E-state index is 13.4. The van der Waals surface area contributed by atoms with Crippen molar-refractivity contribution in [1.29, 1.82) is 0 Å². The van der Waals surface area contributed by atoms with Gasteiger partial charge in [0, 0.05) is 25.6 Å². The molecule has 0 spiro atoms. The monoisotopic (exact) mass is 401 g/mol. The minimum absolute atomic E-state index is 0.0823. The Labute approximate surface area is 171 Å². The highest BCUT2D eigenvalue weighted by molar-refractivity contribution is 5.79. The molecule has 1 aliphatic heterocycles. The maximum absolute atomic E-state index is 13.4. The van der Waals surface area contributed by atoms with E-state index in [-0.39, 0.29) is 17.4 Å². The Bertz CT molecular complexity index is 936. The lowest BCUT2D eigenvalue weighted by Crippen LogP contribution is -2.41. The zero-order valence-electron chi connectivity index (χ0n) is 17.7. The largest absolute Gasteiger partial charge is 0.493 e. The standard InChI is InChI=1S/C22H31N3O4/c1-14(2)13-29-17-7-8-19-18(10-17)21(26)25(20(23-19)15(3)4)12-16-6-5-9-24(11-16)22(27)28/h7-8,10,14-16H,5-6,9,11-13H2,1-4H3,(H,27,28)/t16-/m1/s1. The van der Waals surface area contributed by atoms with Gasteiger partial charge in [0.05, 0.1) is 17.5 Å². The first-order chi connectivity index (χ1) is 13.8. The predicted octanol–water partition coefficient (Wildman–Crippen LogP) is 3.94. The van der Waals surface area contributed by atoms with E-state index in [1.165, 1.54) is 4.90 Å². The molecule has 1 fully saturated rings. The first kappa shape index (κ1) is 21.1. The van der Waals surface area contributed by atoms with E-state index >= 15 is 0 Å². The Morgan fingerprint density at radius 1 is 1.31 bits per heavy atom. The fraction of sp³-hybridized carbons (Fsp3) is 0.591. The number of fused-ring (bicyclic) bond motifs is 1. The Morgan fingerprint density at radius 3 is 2.72 bits per heavy atom. The summed E-state index contributed by atoms with van der Waals surface area (Å²) in [5.41, 5.74) is 0.587. The minimum Gasteiger partial charge on any atom is -0.493 e. The molecule has 3 rings (SSSR count). The van der Waals surface area contributed by atoms with E-state index in [1.807, 2.05) is 26.0 Å². The molecule has 7 heteroatoms. The van der Waals surface area contributed by atoms with Crippen LogP contribution in [-0.2, 0) is 6.54 Å². The SMILES string of the molecule is CC(C)COc1ccc2nc(C(C)C)n(C[C@@H]3CCCN(C(=O)O)C3)c(=O)c2c1. The average Bonchev–Trinajstić information content (AvgIpc) is 2.68. The molecule has 1 aromatic heterocycles. The van der Waals surface area contributed by atoms with Gasteiger partial charge < -0.3 is 14.7 Å². The molecule has 0 unspecified atom stereocenters. The molecular weight excluding hydrogens is 370 g/mol. The van der Waals surface area contributed by atoms with E-state index in [4.69, 9.17) is 9.72 Å². The number of carboxylic acid groups (broad SMARTS) is 1. The summed E-state index contributed by atoms with van der Waals surface area (Å²) in [6.45, 7) is 10.3. The van der Waals surface area contributed by atoms with Crippen LogP contribution >= 0.6 is 0 Å². The van der Waals surface area contributed by atoms with Crippen LogP contribution in [0.4, 0.5) is 4.79 Å². The van der Waals surface area contributed by atoms with Gasteiger partial charge in [0.25, 0.3) is 5.56 Å². The number of piperidine rings is 1. The van der Waals surface area contributed by atoms with Gasteiger partial charge in [0.2, 0.25) is 0 Å². The number of nitrogens with zero attached hydrogens (tertiary/aromatic N) is 3. The van der Waals surface area contributed by atoms with Gasteiger partial charge in [-0.05, 0) is 42.9 Å². The van der Waals surface area contributed by atoms with Gasteiger partial charge in [-0.15, -0.1) is 0 Å². The second-order valence-corrected chi connectivity index (χ2v) is 8.66. The molecule has 1 saturated heterocycles. The third-order valence-electron chi connectivity index (χ3n) is 5.29. The second kappa shape index (κ2) is 8.84. The van der Waals surface area contributed by atoms with Crippen molar-refractivity contribution in [1.82, 2.24) is 14.5 Å². The summed E-state index contributed by atoms with van der Waals surface area (Å²) in [4.78, 5) is 30.9. The molecule has 1 atom stereocenters. The summed E-state index contributed by atoms with van der Waals surface area (Å²) in [5, 5.41) is 9.86. The van der Waals surface area contributed by atoms with Crippen LogP contribution in [0.2, 0.25) is 0 Å². The number of carbonyl (C=O) groups is 1. The van der Waals surface area contributed by atoms with Gasteiger partial charge in [0.15, 0.2) is 0 Å². The number of aromatic nitrogens is 2. The number of hydrogen-bond donors (Lipinski definition) is 1. The molecule has 2 heterocycles. The van der Waals surface area contributed by atoms with E-state index in [9.17, 15) is 14.7 Å². The van der Waals surface area contributed by atoms with Gasteiger partial charge in [0.1, 0.15) is 11.6 Å². The van der Waals surface area contributed by atoms with Crippen LogP contribution < -0.4 is 10.3 Å². The van der Waals surface area contributed by atoms with Crippen molar-refractivity contribution in [3.05, 3.63) is 34.4 Å². The molecule has 1 aliphatic rings. The summed E-state index contributed by atoms with van der Waals surface area (Å²) in [5.74, 6) is 2.00. The Balaban J connectivity index is 1.97. The third-order valence-corrected chi connectivity index (χ3v) is 5.29. The maximum Gasteiger partial charge on any atom is 0.407 e. The molecule has 1 amide bonds. The van der Waals surface area contributed by atoms with E-state index in [0.717, 1.165) is 18.7 Å². The van der Waals surface area contributed by atoms with Crippen LogP contribution in [0, 0.1) is 11.8 Å². The summed E-state index contributed by atoms with van der Waals surface area (Å²) in [7, 11) is 0. The van der Waals surface area contributed by atoms with Crippen LogP contribution in [0.3, 0.4) is 0 Å². The van der Waals surface area contributed by atoms with Gasteiger partial charge in [-0.3, -0.25) is 9.36 Å². The van der Waals surface area contributed by atoms with Crippen molar-refractivity contribution in [3.63, 3.8) is 0 Å². The molecule has 1 N–H and O–H groups in total. The van der Waals surface area contributed by atoms with Crippen LogP contribution in [0.5, 0.6) is 5.75 Å². The fourth-order valence-electron chi connectivity index (χ4n) is 3.83. The lowest BCUT2D eigenvalue weighted by Gasteiger charge is -2.31. The number of likely N-dealkylation sites (tertiary alicyclic amines) is 1.